The van der Waals surface area contributed by atoms with Crippen molar-refractivity contribution in [1.82, 2.24) is 0 Å². The van der Waals surface area contributed by atoms with Gasteiger partial charge in [-0.15, -0.1) is 0 Å². The van der Waals surface area contributed by atoms with Crippen molar-refractivity contribution in [3.05, 3.63) is 59.2 Å². The third-order valence-corrected chi connectivity index (χ3v) is 4.05. The second-order valence-corrected chi connectivity index (χ2v) is 6.29. The van der Waals surface area contributed by atoms with Crippen LogP contribution in [0.4, 0.5) is 11.4 Å². The molecule has 0 radical (unpaired) electrons. The van der Waals surface area contributed by atoms with E-state index in [0.29, 0.717) is 18.4 Å². The summed E-state index contributed by atoms with van der Waals surface area (Å²) in [5, 5.41) is 11.6. The van der Waals surface area contributed by atoms with Crippen LogP contribution in [0, 0.1) is 6.92 Å². The first kappa shape index (κ1) is 18.5. The van der Waals surface area contributed by atoms with Crippen LogP contribution in [0.1, 0.15) is 34.3 Å². The van der Waals surface area contributed by atoms with Gasteiger partial charge in [-0.25, -0.2) is 0 Å². The van der Waals surface area contributed by atoms with E-state index in [0.717, 1.165) is 22.5 Å². The van der Waals surface area contributed by atoms with Crippen molar-refractivity contribution in [1.29, 1.82) is 0 Å². The Morgan fingerprint density at radius 3 is 2.36 bits per heavy atom. The Balaban J connectivity index is 2.03. The number of hydrogen-bond acceptors (Lipinski definition) is 3. The van der Waals surface area contributed by atoms with Crippen LogP contribution in [-0.2, 0) is 11.2 Å². The molecule has 2 aromatic rings. The minimum Gasteiger partial charge on any atom is -0.481 e. The number of rotatable bonds is 7. The van der Waals surface area contributed by atoms with Crippen LogP contribution in [0.15, 0.2) is 42.5 Å². The maximum atomic E-state index is 12.5. The van der Waals surface area contributed by atoms with E-state index in [1.807, 2.05) is 68.4 Å². The summed E-state index contributed by atoms with van der Waals surface area (Å²) < 4.78 is 0. The van der Waals surface area contributed by atoms with E-state index >= 15 is 0 Å². The first-order valence-corrected chi connectivity index (χ1v) is 8.27. The fraction of sp³-hybridized carbons (Fsp3) is 0.300. The number of nitrogens with one attached hydrogen (secondary N) is 1. The third-order valence-electron chi connectivity index (χ3n) is 4.05. The highest BCUT2D eigenvalue weighted by Crippen LogP contribution is 2.19. The topological polar surface area (TPSA) is 69.6 Å². The molecule has 0 aliphatic heterocycles. The number of aryl methyl sites for hydroxylation is 2. The maximum absolute atomic E-state index is 12.5. The zero-order valence-corrected chi connectivity index (χ0v) is 14.9. The molecule has 1 amide bonds. The average molecular weight is 340 g/mol. The number of hydrogen-bond donors (Lipinski definition) is 2. The van der Waals surface area contributed by atoms with Gasteiger partial charge in [-0.1, -0.05) is 18.2 Å². The molecule has 0 fully saturated rings. The van der Waals surface area contributed by atoms with E-state index in [1.54, 1.807) is 0 Å². The highest BCUT2D eigenvalue weighted by atomic mass is 16.4. The number of anilines is 2. The number of benzene rings is 2. The van der Waals surface area contributed by atoms with Crippen molar-refractivity contribution in [3.63, 3.8) is 0 Å². The lowest BCUT2D eigenvalue weighted by Gasteiger charge is -2.15. The normalized spacial score (nSPS) is 10.4. The Labute approximate surface area is 148 Å². The Morgan fingerprint density at radius 2 is 1.76 bits per heavy atom. The summed E-state index contributed by atoms with van der Waals surface area (Å²) in [5.74, 6) is -0.918. The fourth-order valence-electron chi connectivity index (χ4n) is 2.53. The van der Waals surface area contributed by atoms with Crippen LogP contribution < -0.4 is 10.2 Å². The van der Waals surface area contributed by atoms with Crippen molar-refractivity contribution < 1.29 is 14.7 Å². The molecule has 0 atom stereocenters. The Hall–Kier alpha value is -2.82. The van der Waals surface area contributed by atoms with Gasteiger partial charge in [-0.3, -0.25) is 9.59 Å². The van der Waals surface area contributed by atoms with E-state index in [2.05, 4.69) is 5.32 Å². The molecule has 0 aliphatic carbocycles. The van der Waals surface area contributed by atoms with Crippen molar-refractivity contribution in [2.45, 2.75) is 26.2 Å². The van der Waals surface area contributed by atoms with E-state index in [1.165, 1.54) is 0 Å². The molecule has 132 valence electrons. The first-order chi connectivity index (χ1) is 11.9. The molecule has 0 saturated heterocycles. The molecule has 5 heteroatoms. The lowest BCUT2D eigenvalue weighted by Crippen LogP contribution is -2.15. The third kappa shape index (κ3) is 5.35. The molecule has 0 aliphatic rings. The number of carboxylic acids is 1. The predicted octanol–water partition coefficient (Wildman–Crippen LogP) is 3.72. The van der Waals surface area contributed by atoms with Gasteiger partial charge < -0.3 is 15.3 Å². The van der Waals surface area contributed by atoms with Crippen LogP contribution in [0.25, 0.3) is 0 Å². The second-order valence-electron chi connectivity index (χ2n) is 6.29. The highest BCUT2D eigenvalue weighted by Gasteiger charge is 2.11. The van der Waals surface area contributed by atoms with Crippen LogP contribution in [0.2, 0.25) is 0 Å². The molecule has 0 heterocycles. The molecular formula is C20H24N2O3. The number of nitrogens with zero attached hydrogens (tertiary/aromatic N) is 1. The lowest BCUT2D eigenvalue weighted by atomic mass is 10.1. The van der Waals surface area contributed by atoms with Gasteiger partial charge in [0, 0.05) is 37.5 Å². The SMILES string of the molecule is Cc1ccc(N(C)C)cc1C(=O)Nc1ccc(CCCC(=O)O)cc1. The van der Waals surface area contributed by atoms with Gasteiger partial charge in [0.2, 0.25) is 0 Å². The van der Waals surface area contributed by atoms with Crippen molar-refractivity contribution >= 4 is 23.3 Å². The molecule has 0 saturated carbocycles. The second kappa shape index (κ2) is 8.33. The largest absolute Gasteiger partial charge is 0.481 e. The van der Waals surface area contributed by atoms with Gasteiger partial charge in [0.15, 0.2) is 0 Å². The molecule has 5 nitrogen and oxygen atoms in total. The Bertz CT molecular complexity index is 752. The minimum atomic E-state index is -0.779. The Kier molecular flexibility index (Phi) is 6.17. The van der Waals surface area contributed by atoms with Crippen LogP contribution in [0.3, 0.4) is 0 Å². The summed E-state index contributed by atoms with van der Waals surface area (Å²) in [4.78, 5) is 25.0. The van der Waals surface area contributed by atoms with E-state index < -0.39 is 5.97 Å². The van der Waals surface area contributed by atoms with Crippen molar-refractivity contribution in [3.8, 4) is 0 Å². The predicted molar refractivity (Wildman–Crippen MR) is 100 cm³/mol. The summed E-state index contributed by atoms with van der Waals surface area (Å²) in [6.07, 6.45) is 1.49. The van der Waals surface area contributed by atoms with E-state index in [-0.39, 0.29) is 12.3 Å². The standard InChI is InChI=1S/C20H24N2O3/c1-14-7-12-17(22(2)3)13-18(14)20(25)21-16-10-8-15(9-11-16)5-4-6-19(23)24/h7-13H,4-6H2,1-3H3,(H,21,25)(H,23,24). The molecular weight excluding hydrogens is 316 g/mol. The summed E-state index contributed by atoms with van der Waals surface area (Å²) in [6, 6.07) is 13.3. The summed E-state index contributed by atoms with van der Waals surface area (Å²) in [6.45, 7) is 1.92. The first-order valence-electron chi connectivity index (χ1n) is 8.27. The molecule has 2 aromatic carbocycles. The summed E-state index contributed by atoms with van der Waals surface area (Å²) in [7, 11) is 3.88. The molecule has 2 rings (SSSR count). The van der Waals surface area contributed by atoms with Gasteiger partial charge in [-0.05, 0) is 55.2 Å². The van der Waals surface area contributed by atoms with E-state index in [9.17, 15) is 9.59 Å². The minimum absolute atomic E-state index is 0.139. The average Bonchev–Trinajstić information content (AvgIpc) is 2.56. The number of carbonyl (C=O) groups excluding carboxylic acids is 1. The van der Waals surface area contributed by atoms with Crippen molar-refractivity contribution in [2.75, 3.05) is 24.3 Å². The van der Waals surface area contributed by atoms with Crippen LogP contribution in [-0.4, -0.2) is 31.1 Å². The van der Waals surface area contributed by atoms with Crippen LogP contribution in [0.5, 0.6) is 0 Å². The number of carbonyl (C=O) groups is 2. The zero-order chi connectivity index (χ0) is 18.4. The number of aliphatic carboxylic acids is 1. The molecule has 25 heavy (non-hydrogen) atoms. The molecule has 0 bridgehead atoms. The summed E-state index contributed by atoms with van der Waals surface area (Å²) in [5.41, 5.74) is 4.33. The Morgan fingerprint density at radius 1 is 1.08 bits per heavy atom. The van der Waals surface area contributed by atoms with Gasteiger partial charge >= 0.3 is 5.97 Å². The fourth-order valence-corrected chi connectivity index (χ4v) is 2.53. The zero-order valence-electron chi connectivity index (χ0n) is 14.9. The molecule has 0 spiro atoms. The van der Waals surface area contributed by atoms with Gasteiger partial charge in [0.05, 0.1) is 0 Å². The smallest absolute Gasteiger partial charge is 0.303 e. The van der Waals surface area contributed by atoms with E-state index in [4.69, 9.17) is 5.11 Å². The molecule has 0 aromatic heterocycles. The monoisotopic (exact) mass is 340 g/mol. The molecule has 2 N–H and O–H groups in total. The lowest BCUT2D eigenvalue weighted by molar-refractivity contribution is -0.137. The number of amides is 1. The number of carboxylic acid groups (broad SMARTS) is 1. The highest BCUT2D eigenvalue weighted by molar-refractivity contribution is 6.05. The van der Waals surface area contributed by atoms with Gasteiger partial charge in [-0.2, -0.15) is 0 Å². The summed E-state index contributed by atoms with van der Waals surface area (Å²) >= 11 is 0. The van der Waals surface area contributed by atoms with Crippen LogP contribution >= 0.6 is 0 Å². The van der Waals surface area contributed by atoms with Crippen molar-refractivity contribution in [2.24, 2.45) is 0 Å². The van der Waals surface area contributed by atoms with Gasteiger partial charge in [0.25, 0.3) is 5.91 Å². The van der Waals surface area contributed by atoms with Gasteiger partial charge in [0.1, 0.15) is 0 Å². The quantitative estimate of drug-likeness (QED) is 0.806. The molecule has 0 unspecified atom stereocenters. The maximum Gasteiger partial charge on any atom is 0.303 e.